The Labute approximate surface area is 60.5 Å². The fourth-order valence-electron chi connectivity index (χ4n) is 1.72. The summed E-state index contributed by atoms with van der Waals surface area (Å²) in [5.41, 5.74) is 0. The number of amides is 1. The predicted molar refractivity (Wildman–Crippen MR) is 38.5 cm³/mol. The Bertz CT molecular complexity index is 186. The number of fused-ring (bicyclic) bond motifs is 1. The first-order valence-corrected chi connectivity index (χ1v) is 3.87. The number of nitrogens with zero attached hydrogens (tertiary/aromatic N) is 1. The molecule has 0 aromatic heterocycles. The standard InChI is InChI=1S/C8H11NO/c10-8-5-4-7-3-1-2-6-9(7)8/h4-5,7H,1-3,6H2. The highest BCUT2D eigenvalue weighted by molar-refractivity contribution is 5.90. The number of carbonyl (C=O) groups is 1. The minimum atomic E-state index is 0.213. The van der Waals surface area contributed by atoms with Crippen LogP contribution in [0.4, 0.5) is 0 Å². The van der Waals surface area contributed by atoms with Crippen molar-refractivity contribution in [3.63, 3.8) is 0 Å². The van der Waals surface area contributed by atoms with Gasteiger partial charge in [0.25, 0.3) is 0 Å². The molecule has 2 heteroatoms. The van der Waals surface area contributed by atoms with Crippen molar-refractivity contribution in [2.24, 2.45) is 0 Å². The zero-order valence-corrected chi connectivity index (χ0v) is 5.92. The molecular formula is C8H11NO. The van der Waals surface area contributed by atoms with Crippen LogP contribution in [0.25, 0.3) is 0 Å². The molecule has 1 atom stereocenters. The minimum Gasteiger partial charge on any atom is -0.333 e. The zero-order valence-electron chi connectivity index (χ0n) is 5.92. The molecule has 1 fully saturated rings. The summed E-state index contributed by atoms with van der Waals surface area (Å²) in [6, 6.07) is 0.446. The second-order valence-electron chi connectivity index (χ2n) is 2.95. The van der Waals surface area contributed by atoms with E-state index in [-0.39, 0.29) is 5.91 Å². The van der Waals surface area contributed by atoms with E-state index < -0.39 is 0 Å². The SMILES string of the molecule is O=C1C=CC2CCCCN12. The third-order valence-corrected chi connectivity index (χ3v) is 2.29. The topological polar surface area (TPSA) is 20.3 Å². The van der Waals surface area contributed by atoms with Gasteiger partial charge in [-0.1, -0.05) is 6.08 Å². The highest BCUT2D eigenvalue weighted by Crippen LogP contribution is 2.22. The Morgan fingerprint density at radius 2 is 2.40 bits per heavy atom. The fourth-order valence-corrected chi connectivity index (χ4v) is 1.72. The number of piperidine rings is 1. The fraction of sp³-hybridized carbons (Fsp3) is 0.625. The molecular weight excluding hydrogens is 126 g/mol. The molecule has 54 valence electrons. The van der Waals surface area contributed by atoms with Crippen LogP contribution < -0.4 is 0 Å². The second-order valence-corrected chi connectivity index (χ2v) is 2.95. The molecule has 2 nitrogen and oxygen atoms in total. The molecule has 0 N–H and O–H groups in total. The van der Waals surface area contributed by atoms with Crippen LogP contribution in [-0.2, 0) is 4.79 Å². The van der Waals surface area contributed by atoms with E-state index in [2.05, 4.69) is 0 Å². The van der Waals surface area contributed by atoms with Gasteiger partial charge in [0.1, 0.15) is 0 Å². The summed E-state index contributed by atoms with van der Waals surface area (Å²) in [5, 5.41) is 0. The number of carbonyl (C=O) groups excluding carboxylic acids is 1. The van der Waals surface area contributed by atoms with Crippen LogP contribution in [0.2, 0.25) is 0 Å². The number of hydrogen-bond donors (Lipinski definition) is 0. The molecule has 1 unspecified atom stereocenters. The van der Waals surface area contributed by atoms with Gasteiger partial charge in [0.2, 0.25) is 5.91 Å². The van der Waals surface area contributed by atoms with Gasteiger partial charge in [-0.25, -0.2) is 0 Å². The van der Waals surface area contributed by atoms with Crippen LogP contribution in [0.5, 0.6) is 0 Å². The Morgan fingerprint density at radius 1 is 1.50 bits per heavy atom. The molecule has 0 aromatic carbocycles. The first-order chi connectivity index (χ1) is 4.88. The lowest BCUT2D eigenvalue weighted by Gasteiger charge is -2.28. The summed E-state index contributed by atoms with van der Waals surface area (Å²) < 4.78 is 0. The van der Waals surface area contributed by atoms with E-state index in [1.54, 1.807) is 6.08 Å². The van der Waals surface area contributed by atoms with E-state index in [0.29, 0.717) is 6.04 Å². The number of hydrogen-bond acceptors (Lipinski definition) is 1. The van der Waals surface area contributed by atoms with Crippen molar-refractivity contribution < 1.29 is 4.79 Å². The van der Waals surface area contributed by atoms with E-state index >= 15 is 0 Å². The largest absolute Gasteiger partial charge is 0.333 e. The van der Waals surface area contributed by atoms with Crippen molar-refractivity contribution in [3.8, 4) is 0 Å². The van der Waals surface area contributed by atoms with Crippen LogP contribution >= 0.6 is 0 Å². The molecule has 2 heterocycles. The summed E-state index contributed by atoms with van der Waals surface area (Å²) in [4.78, 5) is 13.0. The highest BCUT2D eigenvalue weighted by Gasteiger charge is 2.27. The maximum atomic E-state index is 11.0. The quantitative estimate of drug-likeness (QED) is 0.486. The first-order valence-electron chi connectivity index (χ1n) is 3.87. The molecule has 0 saturated carbocycles. The molecule has 10 heavy (non-hydrogen) atoms. The smallest absolute Gasteiger partial charge is 0.246 e. The maximum absolute atomic E-state index is 11.0. The average molecular weight is 137 g/mol. The summed E-state index contributed by atoms with van der Waals surface area (Å²) in [5.74, 6) is 0.213. The monoisotopic (exact) mass is 137 g/mol. The molecule has 1 amide bonds. The van der Waals surface area contributed by atoms with Gasteiger partial charge in [-0.05, 0) is 19.3 Å². The van der Waals surface area contributed by atoms with E-state index in [9.17, 15) is 4.79 Å². The molecule has 2 aliphatic heterocycles. The predicted octanol–water partition coefficient (Wildman–Crippen LogP) is 0.937. The Morgan fingerprint density at radius 3 is 3.20 bits per heavy atom. The Hall–Kier alpha value is -0.790. The van der Waals surface area contributed by atoms with Crippen molar-refractivity contribution in [3.05, 3.63) is 12.2 Å². The summed E-state index contributed by atoms with van der Waals surface area (Å²) >= 11 is 0. The summed E-state index contributed by atoms with van der Waals surface area (Å²) in [6.45, 7) is 0.969. The molecule has 2 aliphatic rings. The van der Waals surface area contributed by atoms with Gasteiger partial charge in [-0.15, -0.1) is 0 Å². The molecule has 0 bridgehead atoms. The molecule has 0 aliphatic carbocycles. The molecule has 0 spiro atoms. The van der Waals surface area contributed by atoms with Gasteiger partial charge in [0.15, 0.2) is 0 Å². The van der Waals surface area contributed by atoms with E-state index in [4.69, 9.17) is 0 Å². The highest BCUT2D eigenvalue weighted by atomic mass is 16.2. The van der Waals surface area contributed by atoms with Crippen LogP contribution in [-0.4, -0.2) is 23.4 Å². The van der Waals surface area contributed by atoms with E-state index in [1.165, 1.54) is 19.3 Å². The van der Waals surface area contributed by atoms with E-state index in [1.807, 2.05) is 11.0 Å². The van der Waals surface area contributed by atoms with Gasteiger partial charge in [0.05, 0.1) is 6.04 Å². The number of rotatable bonds is 0. The van der Waals surface area contributed by atoms with Crippen molar-refractivity contribution in [2.45, 2.75) is 25.3 Å². The van der Waals surface area contributed by atoms with Crippen LogP contribution in [0.15, 0.2) is 12.2 Å². The molecule has 0 aromatic rings. The van der Waals surface area contributed by atoms with Crippen molar-refractivity contribution in [1.82, 2.24) is 4.90 Å². The molecule has 0 radical (unpaired) electrons. The summed E-state index contributed by atoms with van der Waals surface area (Å²) in [6.07, 6.45) is 7.36. The lowest BCUT2D eigenvalue weighted by molar-refractivity contribution is -0.126. The lowest BCUT2D eigenvalue weighted by Crippen LogP contribution is -2.37. The van der Waals surface area contributed by atoms with Gasteiger partial charge in [-0.3, -0.25) is 4.79 Å². The van der Waals surface area contributed by atoms with Crippen LogP contribution in [0, 0.1) is 0 Å². The van der Waals surface area contributed by atoms with Crippen molar-refractivity contribution in [1.29, 1.82) is 0 Å². The first kappa shape index (κ1) is 5.96. The van der Waals surface area contributed by atoms with Crippen molar-refractivity contribution in [2.75, 3.05) is 6.54 Å². The Kier molecular flexibility index (Phi) is 1.26. The Balaban J connectivity index is 2.14. The molecule has 1 saturated heterocycles. The third-order valence-electron chi connectivity index (χ3n) is 2.29. The summed E-state index contributed by atoms with van der Waals surface area (Å²) in [7, 11) is 0. The van der Waals surface area contributed by atoms with Gasteiger partial charge < -0.3 is 4.90 Å². The second kappa shape index (κ2) is 2.11. The van der Waals surface area contributed by atoms with Crippen molar-refractivity contribution >= 4 is 5.91 Å². The van der Waals surface area contributed by atoms with Crippen LogP contribution in [0.1, 0.15) is 19.3 Å². The van der Waals surface area contributed by atoms with Gasteiger partial charge >= 0.3 is 0 Å². The average Bonchev–Trinajstić information content (AvgIpc) is 2.34. The maximum Gasteiger partial charge on any atom is 0.246 e. The van der Waals surface area contributed by atoms with Gasteiger partial charge in [0, 0.05) is 12.6 Å². The minimum absolute atomic E-state index is 0.213. The third kappa shape index (κ3) is 0.753. The molecule has 2 rings (SSSR count). The zero-order chi connectivity index (χ0) is 6.97. The van der Waals surface area contributed by atoms with Crippen LogP contribution in [0.3, 0.4) is 0 Å². The lowest BCUT2D eigenvalue weighted by atomic mass is 10.1. The normalized spacial score (nSPS) is 31.0. The van der Waals surface area contributed by atoms with Gasteiger partial charge in [-0.2, -0.15) is 0 Å². The van der Waals surface area contributed by atoms with E-state index in [0.717, 1.165) is 6.54 Å².